The Morgan fingerprint density at radius 3 is 2.65 bits per heavy atom. The number of nitrogens with one attached hydrogen (secondary N) is 1. The number of carbonyl (C=O) groups is 2. The molecule has 0 fully saturated rings. The molecular formula is C30H29BrN2O3S. The van der Waals surface area contributed by atoms with Gasteiger partial charge in [0.15, 0.2) is 0 Å². The van der Waals surface area contributed by atoms with Crippen molar-refractivity contribution in [3.05, 3.63) is 80.1 Å². The monoisotopic (exact) mass is 576 g/mol. The van der Waals surface area contributed by atoms with Crippen molar-refractivity contribution in [2.24, 2.45) is 5.92 Å². The molecule has 0 bridgehead atoms. The van der Waals surface area contributed by atoms with Gasteiger partial charge in [0.25, 0.3) is 5.91 Å². The van der Waals surface area contributed by atoms with E-state index in [1.165, 1.54) is 16.2 Å². The zero-order chi connectivity index (χ0) is 26.1. The Hall–Kier alpha value is -3.03. The lowest BCUT2D eigenvalue weighted by Gasteiger charge is -2.20. The average Bonchev–Trinajstić information content (AvgIpc) is 3.25. The Labute approximate surface area is 229 Å². The molecule has 1 aliphatic rings. The van der Waals surface area contributed by atoms with Crippen LogP contribution in [0.2, 0.25) is 0 Å². The van der Waals surface area contributed by atoms with Crippen LogP contribution in [0.1, 0.15) is 63.4 Å². The van der Waals surface area contributed by atoms with E-state index in [1.807, 2.05) is 55.5 Å². The zero-order valence-corrected chi connectivity index (χ0v) is 23.6. The number of benzene rings is 2. The van der Waals surface area contributed by atoms with Gasteiger partial charge in [-0.2, -0.15) is 0 Å². The second kappa shape index (κ2) is 10.8. The van der Waals surface area contributed by atoms with E-state index >= 15 is 0 Å². The van der Waals surface area contributed by atoms with Gasteiger partial charge in [-0.3, -0.25) is 4.79 Å². The quantitative estimate of drug-likeness (QED) is 0.236. The number of hydrogen-bond acceptors (Lipinski definition) is 5. The summed E-state index contributed by atoms with van der Waals surface area (Å²) in [7, 11) is 0. The van der Waals surface area contributed by atoms with Crippen molar-refractivity contribution < 1.29 is 14.3 Å². The lowest BCUT2D eigenvalue weighted by Crippen LogP contribution is -2.17. The maximum Gasteiger partial charge on any atom is 0.341 e. The highest BCUT2D eigenvalue weighted by Crippen LogP contribution is 2.41. The SMILES string of the molecule is CCOC(=O)c1c(NC(=O)c2cc(-c3ccc(C)cc3)nc3ccc(Br)cc23)sc2c1CCC(CC)C2. The first-order valence-corrected chi connectivity index (χ1v) is 14.3. The minimum Gasteiger partial charge on any atom is -0.462 e. The number of pyridine rings is 1. The van der Waals surface area contributed by atoms with Crippen LogP contribution in [0.25, 0.3) is 22.2 Å². The van der Waals surface area contributed by atoms with E-state index in [1.54, 1.807) is 6.92 Å². The van der Waals surface area contributed by atoms with Crippen LogP contribution in [0, 0.1) is 12.8 Å². The number of nitrogens with zero attached hydrogens (tertiary/aromatic N) is 1. The van der Waals surface area contributed by atoms with Crippen LogP contribution in [0.4, 0.5) is 5.00 Å². The molecule has 5 rings (SSSR count). The minimum absolute atomic E-state index is 0.268. The molecule has 1 unspecified atom stereocenters. The lowest BCUT2D eigenvalue weighted by molar-refractivity contribution is 0.0526. The summed E-state index contributed by atoms with van der Waals surface area (Å²) < 4.78 is 6.27. The fourth-order valence-corrected chi connectivity index (χ4v) is 6.64. The normalized spacial score (nSPS) is 14.9. The topological polar surface area (TPSA) is 68.3 Å². The number of fused-ring (bicyclic) bond motifs is 2. The molecule has 0 saturated carbocycles. The number of carbonyl (C=O) groups excluding carboxylic acids is 2. The van der Waals surface area contributed by atoms with Gasteiger partial charge >= 0.3 is 5.97 Å². The number of esters is 1. The number of ether oxygens (including phenoxy) is 1. The molecular weight excluding hydrogens is 548 g/mol. The largest absolute Gasteiger partial charge is 0.462 e. The van der Waals surface area contributed by atoms with Gasteiger partial charge in [-0.1, -0.05) is 59.1 Å². The second-order valence-corrected chi connectivity index (χ2v) is 11.5. The molecule has 1 atom stereocenters. The highest BCUT2D eigenvalue weighted by molar-refractivity contribution is 9.10. The molecule has 1 amide bonds. The number of rotatable bonds is 6. The van der Waals surface area contributed by atoms with Crippen molar-refractivity contribution in [1.82, 2.24) is 4.98 Å². The summed E-state index contributed by atoms with van der Waals surface area (Å²) in [5.41, 5.74) is 5.61. The van der Waals surface area contributed by atoms with Gasteiger partial charge in [0.05, 0.1) is 28.9 Å². The first-order valence-electron chi connectivity index (χ1n) is 12.7. The van der Waals surface area contributed by atoms with Crippen molar-refractivity contribution in [3.8, 4) is 11.3 Å². The highest BCUT2D eigenvalue weighted by Gasteiger charge is 2.30. The summed E-state index contributed by atoms with van der Waals surface area (Å²) in [6.07, 6.45) is 3.91. The molecule has 0 spiro atoms. The number of aromatic nitrogens is 1. The summed E-state index contributed by atoms with van der Waals surface area (Å²) in [5.74, 6) is -0.0359. The van der Waals surface area contributed by atoms with Gasteiger partial charge in [0, 0.05) is 20.3 Å². The Bertz CT molecular complexity index is 1490. The van der Waals surface area contributed by atoms with Crippen LogP contribution >= 0.6 is 27.3 Å². The third kappa shape index (κ3) is 5.20. The van der Waals surface area contributed by atoms with Crippen LogP contribution in [-0.2, 0) is 17.6 Å². The summed E-state index contributed by atoms with van der Waals surface area (Å²) in [6, 6.07) is 15.7. The molecule has 7 heteroatoms. The van der Waals surface area contributed by atoms with Crippen molar-refractivity contribution in [2.45, 2.75) is 46.5 Å². The predicted molar refractivity (Wildman–Crippen MR) is 154 cm³/mol. The Morgan fingerprint density at radius 1 is 1.14 bits per heavy atom. The predicted octanol–water partition coefficient (Wildman–Crippen LogP) is 7.98. The van der Waals surface area contributed by atoms with Gasteiger partial charge in [-0.15, -0.1) is 11.3 Å². The molecule has 2 aromatic heterocycles. The molecule has 5 nitrogen and oxygen atoms in total. The van der Waals surface area contributed by atoms with E-state index < -0.39 is 0 Å². The third-order valence-corrected chi connectivity index (χ3v) is 8.68. The maximum absolute atomic E-state index is 13.8. The molecule has 4 aromatic rings. The first kappa shape index (κ1) is 25.6. The molecule has 2 aromatic carbocycles. The number of aryl methyl sites for hydroxylation is 1. The fourth-order valence-electron chi connectivity index (χ4n) is 4.94. The van der Waals surface area contributed by atoms with Crippen molar-refractivity contribution in [2.75, 3.05) is 11.9 Å². The van der Waals surface area contributed by atoms with E-state index in [-0.39, 0.29) is 18.5 Å². The molecule has 1 aliphatic carbocycles. The van der Waals surface area contributed by atoms with Gasteiger partial charge in [-0.25, -0.2) is 9.78 Å². The van der Waals surface area contributed by atoms with E-state index in [9.17, 15) is 9.59 Å². The number of anilines is 1. The number of amides is 1. The molecule has 1 N–H and O–H groups in total. The standard InChI is InChI=1S/C30H29BrN2O3S/c1-4-18-8-12-21-26(14-18)37-29(27(21)30(35)36-5-2)33-28(34)23-16-25(19-9-6-17(3)7-10-19)32-24-13-11-20(31)15-22(23)24/h6-7,9-11,13,15-16,18H,4-5,8,12,14H2,1-3H3,(H,33,34). The number of halogens is 1. The van der Waals surface area contributed by atoms with Gasteiger partial charge < -0.3 is 10.1 Å². The zero-order valence-electron chi connectivity index (χ0n) is 21.2. The second-order valence-electron chi connectivity index (χ2n) is 9.48. The molecule has 190 valence electrons. The van der Waals surface area contributed by atoms with Crippen molar-refractivity contribution in [3.63, 3.8) is 0 Å². The first-order chi connectivity index (χ1) is 17.9. The van der Waals surface area contributed by atoms with Crippen LogP contribution in [0.15, 0.2) is 53.0 Å². The summed E-state index contributed by atoms with van der Waals surface area (Å²) in [6.45, 7) is 6.34. The van der Waals surface area contributed by atoms with E-state index in [0.29, 0.717) is 22.0 Å². The van der Waals surface area contributed by atoms with Crippen molar-refractivity contribution >= 4 is 55.0 Å². The third-order valence-electron chi connectivity index (χ3n) is 7.01. The van der Waals surface area contributed by atoms with Gasteiger partial charge in [-0.05, 0) is 68.9 Å². The Morgan fingerprint density at radius 2 is 1.92 bits per heavy atom. The van der Waals surface area contributed by atoms with Crippen molar-refractivity contribution in [1.29, 1.82) is 0 Å². The Balaban J connectivity index is 1.58. The fraction of sp³-hybridized carbons (Fsp3) is 0.300. The van der Waals surface area contributed by atoms with Crippen LogP contribution in [-0.4, -0.2) is 23.5 Å². The summed E-state index contributed by atoms with van der Waals surface area (Å²) in [4.78, 5) is 32.9. The number of thiophene rings is 1. The highest BCUT2D eigenvalue weighted by atomic mass is 79.9. The van der Waals surface area contributed by atoms with Gasteiger partial charge in [0.1, 0.15) is 5.00 Å². The molecule has 0 aliphatic heterocycles. The molecule has 0 radical (unpaired) electrons. The average molecular weight is 578 g/mol. The minimum atomic E-state index is -0.368. The van der Waals surface area contributed by atoms with Crippen LogP contribution in [0.5, 0.6) is 0 Å². The number of hydrogen-bond donors (Lipinski definition) is 1. The van der Waals surface area contributed by atoms with Crippen LogP contribution in [0.3, 0.4) is 0 Å². The molecule has 37 heavy (non-hydrogen) atoms. The van der Waals surface area contributed by atoms with E-state index in [0.717, 1.165) is 63.4 Å². The van der Waals surface area contributed by atoms with E-state index in [2.05, 4.69) is 28.2 Å². The van der Waals surface area contributed by atoms with Gasteiger partial charge in [0.2, 0.25) is 0 Å². The molecule has 0 saturated heterocycles. The van der Waals surface area contributed by atoms with E-state index in [4.69, 9.17) is 9.72 Å². The molecule has 2 heterocycles. The lowest BCUT2D eigenvalue weighted by atomic mass is 9.85. The Kier molecular flexibility index (Phi) is 7.45. The summed E-state index contributed by atoms with van der Waals surface area (Å²) >= 11 is 5.05. The van der Waals surface area contributed by atoms with Crippen LogP contribution < -0.4 is 5.32 Å². The smallest absolute Gasteiger partial charge is 0.341 e. The maximum atomic E-state index is 13.8. The summed E-state index contributed by atoms with van der Waals surface area (Å²) in [5, 5.41) is 4.41.